The molecule has 1 amide bonds. The summed E-state index contributed by atoms with van der Waals surface area (Å²) in [6, 6.07) is 5.10. The lowest BCUT2D eigenvalue weighted by atomic mass is 9.56. The highest BCUT2D eigenvalue weighted by atomic mass is 16.5. The minimum atomic E-state index is -0.193. The molecule has 1 N–H and O–H groups in total. The van der Waals surface area contributed by atoms with E-state index in [-0.39, 0.29) is 28.5 Å². The van der Waals surface area contributed by atoms with Crippen LogP contribution in [0, 0.1) is 5.41 Å². The second-order valence-electron chi connectivity index (χ2n) is 6.46. The van der Waals surface area contributed by atoms with Gasteiger partial charge in [-0.25, -0.2) is 0 Å². The number of aromatic nitrogens is 1. The van der Waals surface area contributed by atoms with Crippen LogP contribution < -0.4 is 10.9 Å². The van der Waals surface area contributed by atoms with Gasteiger partial charge in [0.05, 0.1) is 5.60 Å². The lowest BCUT2D eigenvalue weighted by Gasteiger charge is -2.59. The second kappa shape index (κ2) is 5.64. The summed E-state index contributed by atoms with van der Waals surface area (Å²) in [7, 11) is 1.71. The molecular formula is C16H24N2O3. The van der Waals surface area contributed by atoms with E-state index in [1.807, 2.05) is 0 Å². The van der Waals surface area contributed by atoms with E-state index in [1.165, 1.54) is 6.07 Å². The number of ether oxygens (including phenoxy) is 1. The molecule has 0 aromatic carbocycles. The predicted octanol–water partition coefficient (Wildman–Crippen LogP) is 1.56. The Morgan fingerprint density at radius 2 is 2.14 bits per heavy atom. The highest BCUT2D eigenvalue weighted by Gasteiger charge is 2.58. The van der Waals surface area contributed by atoms with Crippen LogP contribution in [0.2, 0.25) is 0 Å². The predicted molar refractivity (Wildman–Crippen MR) is 81.1 cm³/mol. The lowest BCUT2D eigenvalue weighted by Crippen LogP contribution is -2.68. The molecule has 1 aromatic heterocycles. The van der Waals surface area contributed by atoms with E-state index in [2.05, 4.69) is 26.1 Å². The van der Waals surface area contributed by atoms with Crippen molar-refractivity contribution >= 4 is 5.91 Å². The molecule has 5 nitrogen and oxygen atoms in total. The van der Waals surface area contributed by atoms with Crippen LogP contribution in [0.5, 0.6) is 0 Å². The molecule has 0 radical (unpaired) electrons. The third kappa shape index (κ3) is 2.88. The van der Waals surface area contributed by atoms with Crippen molar-refractivity contribution in [1.29, 1.82) is 0 Å². The lowest BCUT2D eigenvalue weighted by molar-refractivity contribution is -0.182. The van der Waals surface area contributed by atoms with Gasteiger partial charge in [0.2, 0.25) is 5.91 Å². The number of pyridine rings is 1. The first-order chi connectivity index (χ1) is 9.80. The van der Waals surface area contributed by atoms with Crippen molar-refractivity contribution in [3.8, 4) is 0 Å². The summed E-state index contributed by atoms with van der Waals surface area (Å²) >= 11 is 0. The van der Waals surface area contributed by atoms with Crippen molar-refractivity contribution in [2.45, 2.75) is 51.8 Å². The molecular weight excluding hydrogens is 268 g/mol. The molecule has 0 unspecified atom stereocenters. The van der Waals surface area contributed by atoms with Crippen molar-refractivity contribution in [2.24, 2.45) is 5.41 Å². The molecule has 1 fully saturated rings. The van der Waals surface area contributed by atoms with Crippen LogP contribution in [0.4, 0.5) is 0 Å². The van der Waals surface area contributed by atoms with E-state index in [4.69, 9.17) is 4.74 Å². The highest BCUT2D eigenvalue weighted by Crippen LogP contribution is 2.51. The molecule has 2 rings (SSSR count). The van der Waals surface area contributed by atoms with Gasteiger partial charge in [0.25, 0.3) is 5.56 Å². The number of nitrogens with zero attached hydrogens (tertiary/aromatic N) is 1. The zero-order valence-corrected chi connectivity index (χ0v) is 13.2. The molecule has 0 spiro atoms. The van der Waals surface area contributed by atoms with Crippen LogP contribution >= 0.6 is 0 Å². The summed E-state index contributed by atoms with van der Waals surface area (Å²) in [5.74, 6) is -0.0259. The maximum Gasteiger partial charge on any atom is 0.250 e. The summed E-state index contributed by atoms with van der Waals surface area (Å²) in [5, 5.41) is 3.05. The molecule has 1 aromatic rings. The molecule has 0 aliphatic heterocycles. The molecule has 0 saturated heterocycles. The molecule has 116 valence electrons. The minimum absolute atomic E-state index is 0.0259. The maximum atomic E-state index is 12.1. The van der Waals surface area contributed by atoms with Crippen molar-refractivity contribution in [3.05, 3.63) is 34.7 Å². The van der Waals surface area contributed by atoms with Gasteiger partial charge in [0, 0.05) is 43.8 Å². The topological polar surface area (TPSA) is 60.3 Å². The minimum Gasteiger partial charge on any atom is -0.378 e. The van der Waals surface area contributed by atoms with Crippen LogP contribution in [0.15, 0.2) is 29.2 Å². The van der Waals surface area contributed by atoms with Gasteiger partial charge in [0.1, 0.15) is 0 Å². The first-order valence-electron chi connectivity index (χ1n) is 7.30. The quantitative estimate of drug-likeness (QED) is 0.896. The number of rotatable bonds is 5. The van der Waals surface area contributed by atoms with Gasteiger partial charge in [0.15, 0.2) is 0 Å². The van der Waals surface area contributed by atoms with Crippen LogP contribution in [0.25, 0.3) is 0 Å². The Morgan fingerprint density at radius 1 is 1.43 bits per heavy atom. The number of aryl methyl sites for hydroxylation is 1. The van der Waals surface area contributed by atoms with E-state index < -0.39 is 0 Å². The monoisotopic (exact) mass is 292 g/mol. The van der Waals surface area contributed by atoms with Gasteiger partial charge in [-0.05, 0) is 19.4 Å². The van der Waals surface area contributed by atoms with Gasteiger partial charge >= 0.3 is 0 Å². The first-order valence-corrected chi connectivity index (χ1v) is 7.30. The Hall–Kier alpha value is -1.62. The number of methoxy groups -OCH3 is 1. The number of amides is 1. The normalized spacial score (nSPS) is 27.0. The fourth-order valence-corrected chi connectivity index (χ4v) is 2.86. The maximum absolute atomic E-state index is 12.1. The largest absolute Gasteiger partial charge is 0.378 e. The van der Waals surface area contributed by atoms with Gasteiger partial charge < -0.3 is 14.6 Å². The van der Waals surface area contributed by atoms with Crippen molar-refractivity contribution in [1.82, 2.24) is 9.88 Å². The summed E-state index contributed by atoms with van der Waals surface area (Å²) in [5.41, 5.74) is -0.372. The molecule has 1 aliphatic carbocycles. The van der Waals surface area contributed by atoms with Gasteiger partial charge in [-0.3, -0.25) is 9.59 Å². The summed E-state index contributed by atoms with van der Waals surface area (Å²) < 4.78 is 7.10. The summed E-state index contributed by atoms with van der Waals surface area (Å²) in [6.07, 6.45) is 2.82. The molecule has 2 atom stereocenters. The van der Waals surface area contributed by atoms with E-state index in [9.17, 15) is 9.59 Å². The van der Waals surface area contributed by atoms with Gasteiger partial charge in [-0.15, -0.1) is 0 Å². The zero-order chi connectivity index (χ0) is 15.7. The molecule has 21 heavy (non-hydrogen) atoms. The molecule has 1 saturated carbocycles. The van der Waals surface area contributed by atoms with E-state index in [1.54, 1.807) is 30.0 Å². The number of nitrogens with one attached hydrogen (secondary N) is 1. The molecule has 1 aliphatic rings. The SMILES string of the molecule is CO[C@@]1(C)C[C@H](NC(=O)CCn2ccccc2=O)C1(C)C. The van der Waals surface area contributed by atoms with Crippen LogP contribution in [0.3, 0.4) is 0 Å². The van der Waals surface area contributed by atoms with Crippen molar-refractivity contribution in [3.63, 3.8) is 0 Å². The number of hydrogen-bond acceptors (Lipinski definition) is 3. The fourth-order valence-electron chi connectivity index (χ4n) is 2.86. The van der Waals surface area contributed by atoms with E-state index in [0.717, 1.165) is 6.42 Å². The summed E-state index contributed by atoms with van der Waals surface area (Å²) in [4.78, 5) is 23.6. The van der Waals surface area contributed by atoms with E-state index in [0.29, 0.717) is 13.0 Å². The summed E-state index contributed by atoms with van der Waals surface area (Å²) in [6.45, 7) is 6.68. The number of carbonyl (C=O) groups excluding carboxylic acids is 1. The van der Waals surface area contributed by atoms with E-state index >= 15 is 0 Å². The number of carbonyl (C=O) groups is 1. The van der Waals surface area contributed by atoms with Crippen molar-refractivity contribution in [2.75, 3.05) is 7.11 Å². The second-order valence-corrected chi connectivity index (χ2v) is 6.46. The third-order valence-electron chi connectivity index (χ3n) is 5.09. The average molecular weight is 292 g/mol. The van der Waals surface area contributed by atoms with Gasteiger partial charge in [-0.1, -0.05) is 19.9 Å². The Bertz CT molecular complexity index is 579. The molecule has 1 heterocycles. The zero-order valence-electron chi connectivity index (χ0n) is 13.2. The Balaban J connectivity index is 1.87. The fraction of sp³-hybridized carbons (Fsp3) is 0.625. The van der Waals surface area contributed by atoms with Crippen molar-refractivity contribution < 1.29 is 9.53 Å². The standard InChI is InChI=1S/C16H24N2O3/c1-15(2)12(11-16(15,3)21-4)17-13(19)8-10-18-9-6-5-7-14(18)20/h5-7,9,12H,8,10-11H2,1-4H3,(H,17,19)/t12-,16-/m0/s1. The first kappa shape index (κ1) is 15.8. The van der Waals surface area contributed by atoms with Crippen LogP contribution in [0.1, 0.15) is 33.6 Å². The molecule has 0 bridgehead atoms. The van der Waals surface area contributed by atoms with Crippen LogP contribution in [-0.2, 0) is 16.1 Å². The number of hydrogen-bond donors (Lipinski definition) is 1. The highest BCUT2D eigenvalue weighted by molar-refractivity contribution is 5.76. The average Bonchev–Trinajstić information content (AvgIpc) is 2.45. The Morgan fingerprint density at radius 3 is 2.71 bits per heavy atom. The Kier molecular flexibility index (Phi) is 4.23. The van der Waals surface area contributed by atoms with Crippen LogP contribution in [-0.4, -0.2) is 29.2 Å². The third-order valence-corrected chi connectivity index (χ3v) is 5.09. The smallest absolute Gasteiger partial charge is 0.250 e. The Labute approximate surface area is 125 Å². The van der Waals surface area contributed by atoms with Gasteiger partial charge in [-0.2, -0.15) is 0 Å². The molecule has 5 heteroatoms.